The van der Waals surface area contributed by atoms with Gasteiger partial charge in [-0.3, -0.25) is 9.59 Å². The molecule has 0 radical (unpaired) electrons. The normalized spacial score (nSPS) is 16.9. The number of ether oxygens (including phenoxy) is 2. The minimum absolute atomic E-state index is 0. The van der Waals surface area contributed by atoms with Gasteiger partial charge in [0, 0.05) is 12.8 Å². The van der Waals surface area contributed by atoms with Gasteiger partial charge in [0.05, 0.1) is 13.2 Å². The zero-order valence-corrected chi connectivity index (χ0v) is 25.0. The second-order valence-electron chi connectivity index (χ2n) is 7.08. The number of halogens is 2. The molecule has 31 heavy (non-hydrogen) atoms. The maximum absolute atomic E-state index is 11.0. The van der Waals surface area contributed by atoms with Crippen LogP contribution in [0.1, 0.15) is 39.5 Å². The van der Waals surface area contributed by atoms with Crippen molar-refractivity contribution in [3.63, 3.8) is 0 Å². The molecule has 2 rings (SSSR count). The molecule has 0 aromatic heterocycles. The molecule has 0 saturated carbocycles. The second-order valence-corrected chi connectivity index (χ2v) is 7.08. The number of nitrogens with zero attached hydrogens (tertiary/aromatic N) is 4. The molecule has 188 valence electrons. The summed E-state index contributed by atoms with van der Waals surface area (Å²) in [6.45, 7) is 15.0. The third kappa shape index (κ3) is 19.0. The van der Waals surface area contributed by atoms with Gasteiger partial charge in [0.1, 0.15) is 0 Å². The number of likely N-dealkylation sites (N-methyl/N-ethyl adjacent to an activating group) is 2. The van der Waals surface area contributed by atoms with Crippen molar-refractivity contribution in [2.24, 2.45) is 0 Å². The van der Waals surface area contributed by atoms with E-state index in [1.807, 2.05) is 13.8 Å². The fourth-order valence-electron chi connectivity index (χ4n) is 3.02. The monoisotopic (exact) mass is 758 g/mol. The molecule has 0 N–H and O–H groups in total. The zero-order chi connectivity index (χ0) is 20.8. The van der Waals surface area contributed by atoms with E-state index in [0.717, 1.165) is 52.1 Å². The van der Waals surface area contributed by atoms with E-state index in [4.69, 9.17) is 9.47 Å². The standard InChI is InChI=1S/2C10H19N2O2.2HI.Pd/c2*1-3-14-10(13)5-4-6-12-8-7-11(2)9-12;;;/h2*9H,3-8H2,1-2H3;2*1H;/q2*-1;;;+2/p-2. The van der Waals surface area contributed by atoms with Gasteiger partial charge in [-0.05, 0) is 80.1 Å². The molecule has 2 aliphatic rings. The summed E-state index contributed by atoms with van der Waals surface area (Å²) >= 11 is 0. The Balaban J connectivity index is -0.000000461. The number of hydrogen-bond acceptors (Lipinski definition) is 8. The maximum atomic E-state index is 11.0. The van der Waals surface area contributed by atoms with Crippen LogP contribution in [0, 0.1) is 13.3 Å². The predicted octanol–water partition coefficient (Wildman–Crippen LogP) is -4.60. The summed E-state index contributed by atoms with van der Waals surface area (Å²) in [5.74, 6) is -0.167. The number of esters is 2. The van der Waals surface area contributed by atoms with Crippen molar-refractivity contribution in [3.8, 4) is 0 Å². The van der Waals surface area contributed by atoms with Gasteiger partial charge >= 0.3 is 32.4 Å². The summed E-state index contributed by atoms with van der Waals surface area (Å²) in [5, 5.41) is 0. The van der Waals surface area contributed by atoms with Gasteiger partial charge in [-0.2, -0.15) is 0 Å². The van der Waals surface area contributed by atoms with Crippen molar-refractivity contribution in [1.82, 2.24) is 19.6 Å². The summed E-state index contributed by atoms with van der Waals surface area (Å²) < 4.78 is 9.70. The van der Waals surface area contributed by atoms with Crippen LogP contribution >= 0.6 is 0 Å². The Hall–Kier alpha value is 0.902. The molecule has 2 aliphatic heterocycles. The van der Waals surface area contributed by atoms with Crippen LogP contribution < -0.4 is 48.0 Å². The first-order valence-corrected chi connectivity index (χ1v) is 10.3. The SMILES string of the molecule is CCOC(=O)CCCN1[CH-]N(C)CC1.CCOC(=O)CCCN1[CH-]N(C)CC1.[I-].[I-].[Pd+2]. The third-order valence-electron chi connectivity index (χ3n) is 4.46. The van der Waals surface area contributed by atoms with Crippen LogP contribution in [0.4, 0.5) is 0 Å². The average molecular weight is 759 g/mol. The van der Waals surface area contributed by atoms with E-state index in [1.165, 1.54) is 0 Å². The van der Waals surface area contributed by atoms with Crippen molar-refractivity contribution in [2.75, 3.05) is 66.6 Å². The van der Waals surface area contributed by atoms with Gasteiger partial charge in [-0.15, -0.1) is 0 Å². The Morgan fingerprint density at radius 2 is 1.10 bits per heavy atom. The van der Waals surface area contributed by atoms with Crippen LogP contribution in [0.3, 0.4) is 0 Å². The van der Waals surface area contributed by atoms with Crippen molar-refractivity contribution in [1.29, 1.82) is 0 Å². The summed E-state index contributed by atoms with van der Waals surface area (Å²) in [5.41, 5.74) is 0. The molecule has 2 saturated heterocycles. The second kappa shape index (κ2) is 22.7. The number of carbonyl (C=O) groups is 2. The van der Waals surface area contributed by atoms with Crippen molar-refractivity contribution < 1.29 is 87.4 Å². The van der Waals surface area contributed by atoms with Crippen LogP contribution in [0.25, 0.3) is 0 Å². The van der Waals surface area contributed by atoms with Crippen LogP contribution in [-0.2, 0) is 39.5 Å². The Morgan fingerprint density at radius 3 is 1.35 bits per heavy atom. The molecule has 0 aromatic carbocycles. The zero-order valence-electron chi connectivity index (χ0n) is 19.1. The van der Waals surface area contributed by atoms with Crippen molar-refractivity contribution >= 4 is 11.9 Å². The number of hydrogen-bond donors (Lipinski definition) is 0. The quantitative estimate of drug-likeness (QED) is 0.0957. The molecule has 11 heteroatoms. The fraction of sp³-hybridized carbons (Fsp3) is 0.800. The number of carbonyl (C=O) groups excluding carboxylic acids is 2. The van der Waals surface area contributed by atoms with Crippen LogP contribution in [0.5, 0.6) is 0 Å². The molecule has 0 atom stereocenters. The van der Waals surface area contributed by atoms with Gasteiger partial charge in [0.15, 0.2) is 0 Å². The first-order chi connectivity index (χ1) is 13.4. The Bertz CT molecular complexity index is 427. The smallest absolute Gasteiger partial charge is 1.00 e. The van der Waals surface area contributed by atoms with Crippen LogP contribution in [0.15, 0.2) is 0 Å². The molecule has 0 unspecified atom stereocenters. The summed E-state index contributed by atoms with van der Waals surface area (Å²) in [6, 6.07) is 0. The molecule has 0 bridgehead atoms. The van der Waals surface area contributed by atoms with E-state index in [0.29, 0.717) is 26.1 Å². The minimum atomic E-state index is -0.0833. The Kier molecular flexibility index (Phi) is 26.7. The van der Waals surface area contributed by atoms with Gasteiger partial charge in [0.2, 0.25) is 0 Å². The van der Waals surface area contributed by atoms with E-state index < -0.39 is 0 Å². The minimum Gasteiger partial charge on any atom is -1.00 e. The molecule has 0 amide bonds. The van der Waals surface area contributed by atoms with E-state index >= 15 is 0 Å². The number of rotatable bonds is 10. The first kappa shape index (κ1) is 36.5. The van der Waals surface area contributed by atoms with E-state index in [2.05, 4.69) is 47.0 Å². The molecule has 0 spiro atoms. The summed E-state index contributed by atoms with van der Waals surface area (Å²) in [6.07, 6.45) is 2.82. The van der Waals surface area contributed by atoms with Crippen LogP contribution in [0.2, 0.25) is 0 Å². The van der Waals surface area contributed by atoms with Crippen LogP contribution in [-0.4, -0.2) is 98.1 Å². The van der Waals surface area contributed by atoms with E-state index in [1.54, 1.807) is 0 Å². The Labute approximate surface area is 236 Å². The summed E-state index contributed by atoms with van der Waals surface area (Å²) in [4.78, 5) is 30.8. The molecule has 2 fully saturated rings. The van der Waals surface area contributed by atoms with E-state index in [-0.39, 0.29) is 80.3 Å². The largest absolute Gasteiger partial charge is 2.00 e. The van der Waals surface area contributed by atoms with Crippen molar-refractivity contribution in [3.05, 3.63) is 13.3 Å². The molecule has 8 nitrogen and oxygen atoms in total. The molecule has 2 heterocycles. The molecule has 0 aromatic rings. The summed E-state index contributed by atoms with van der Waals surface area (Å²) in [7, 11) is 4.12. The maximum Gasteiger partial charge on any atom is 2.00 e. The van der Waals surface area contributed by atoms with Gasteiger partial charge in [-0.25, -0.2) is 13.3 Å². The Morgan fingerprint density at radius 1 is 0.742 bits per heavy atom. The third-order valence-corrected chi connectivity index (χ3v) is 4.46. The molecular formula is C20H38I2N4O4Pd-2. The van der Waals surface area contributed by atoms with Crippen molar-refractivity contribution in [2.45, 2.75) is 39.5 Å². The first-order valence-electron chi connectivity index (χ1n) is 10.3. The molecular weight excluding hydrogens is 720 g/mol. The predicted molar refractivity (Wildman–Crippen MR) is 109 cm³/mol. The average Bonchev–Trinajstić information content (AvgIpc) is 3.24. The fourth-order valence-corrected chi connectivity index (χ4v) is 3.02. The topological polar surface area (TPSA) is 65.6 Å². The van der Waals surface area contributed by atoms with Gasteiger partial charge in [-0.1, -0.05) is 0 Å². The van der Waals surface area contributed by atoms with Gasteiger partial charge in [0.25, 0.3) is 0 Å². The van der Waals surface area contributed by atoms with Gasteiger partial charge < -0.3 is 77.0 Å². The van der Waals surface area contributed by atoms with E-state index in [9.17, 15) is 9.59 Å². The molecule has 0 aliphatic carbocycles.